The van der Waals surface area contributed by atoms with Crippen molar-refractivity contribution in [3.05, 3.63) is 70.0 Å². The zero-order chi connectivity index (χ0) is 23.9. The van der Waals surface area contributed by atoms with E-state index in [2.05, 4.69) is 5.32 Å². The van der Waals surface area contributed by atoms with Crippen LogP contribution < -0.4 is 5.32 Å². The molecule has 32 heavy (non-hydrogen) atoms. The molecular formula is C25H32ClFN2O2S. The van der Waals surface area contributed by atoms with Gasteiger partial charge in [0, 0.05) is 28.4 Å². The molecule has 0 saturated heterocycles. The summed E-state index contributed by atoms with van der Waals surface area (Å²) in [6.07, 6.45) is 0.489. The summed E-state index contributed by atoms with van der Waals surface area (Å²) in [5.41, 5.74) is 2.03. The molecule has 0 bridgehead atoms. The van der Waals surface area contributed by atoms with E-state index < -0.39 is 11.6 Å². The Morgan fingerprint density at radius 3 is 2.44 bits per heavy atom. The zero-order valence-corrected chi connectivity index (χ0v) is 20.9. The lowest BCUT2D eigenvalue weighted by molar-refractivity contribution is -0.140. The van der Waals surface area contributed by atoms with Crippen LogP contribution in [0.2, 0.25) is 5.02 Å². The summed E-state index contributed by atoms with van der Waals surface area (Å²) in [6, 6.07) is 11.8. The second kappa shape index (κ2) is 11.7. The number of aryl methyl sites for hydroxylation is 1. The lowest BCUT2D eigenvalue weighted by Gasteiger charge is -2.33. The van der Waals surface area contributed by atoms with Crippen molar-refractivity contribution < 1.29 is 14.0 Å². The average Bonchev–Trinajstić information content (AvgIpc) is 2.70. The number of halogens is 2. The van der Waals surface area contributed by atoms with E-state index >= 15 is 0 Å². The Morgan fingerprint density at radius 1 is 1.16 bits per heavy atom. The van der Waals surface area contributed by atoms with Gasteiger partial charge in [-0.1, -0.05) is 48.9 Å². The fraction of sp³-hybridized carbons (Fsp3) is 0.440. The van der Waals surface area contributed by atoms with Crippen LogP contribution in [0.15, 0.2) is 42.5 Å². The van der Waals surface area contributed by atoms with E-state index in [4.69, 9.17) is 11.6 Å². The Balaban J connectivity index is 2.21. The molecule has 2 amide bonds. The molecule has 1 N–H and O–H groups in total. The molecule has 2 aromatic carbocycles. The largest absolute Gasteiger partial charge is 0.350 e. The first-order valence-corrected chi connectivity index (χ1v) is 12.2. The van der Waals surface area contributed by atoms with Crippen molar-refractivity contribution in [1.29, 1.82) is 0 Å². The van der Waals surface area contributed by atoms with E-state index in [1.54, 1.807) is 17.0 Å². The number of nitrogens with one attached hydrogen (secondary N) is 1. The molecule has 7 heteroatoms. The monoisotopic (exact) mass is 478 g/mol. The highest BCUT2D eigenvalue weighted by Crippen LogP contribution is 2.25. The third kappa shape index (κ3) is 7.52. The lowest BCUT2D eigenvalue weighted by Crippen LogP contribution is -2.53. The predicted molar refractivity (Wildman–Crippen MR) is 131 cm³/mol. The first-order valence-electron chi connectivity index (χ1n) is 10.7. The van der Waals surface area contributed by atoms with Gasteiger partial charge in [0.25, 0.3) is 0 Å². The van der Waals surface area contributed by atoms with Gasteiger partial charge in [0.15, 0.2) is 0 Å². The molecular weight excluding hydrogens is 447 g/mol. The quantitative estimate of drug-likeness (QED) is 0.499. The molecule has 0 aliphatic rings. The van der Waals surface area contributed by atoms with Crippen LogP contribution in [-0.2, 0) is 21.9 Å². The van der Waals surface area contributed by atoms with Crippen LogP contribution in [0.25, 0.3) is 0 Å². The van der Waals surface area contributed by atoms with Crippen LogP contribution in [0.5, 0.6) is 0 Å². The van der Waals surface area contributed by atoms with Gasteiger partial charge in [0.2, 0.25) is 11.8 Å². The summed E-state index contributed by atoms with van der Waals surface area (Å²) in [4.78, 5) is 27.9. The molecule has 4 nitrogen and oxygen atoms in total. The Kier molecular flexibility index (Phi) is 9.59. The van der Waals surface area contributed by atoms with Crippen LogP contribution in [0, 0.1) is 12.7 Å². The molecule has 0 heterocycles. The van der Waals surface area contributed by atoms with Crippen molar-refractivity contribution in [3.8, 4) is 0 Å². The van der Waals surface area contributed by atoms with Crippen molar-refractivity contribution in [3.63, 3.8) is 0 Å². The van der Waals surface area contributed by atoms with E-state index in [1.165, 1.54) is 17.8 Å². The minimum Gasteiger partial charge on any atom is -0.350 e. The van der Waals surface area contributed by atoms with Crippen LogP contribution in [0.1, 0.15) is 50.8 Å². The SMILES string of the molecule is CC[C@@H](C(=O)NC(C)(C)C)N(Cc1ccccc1C)C(=O)CSCc1c(F)cccc1Cl. The Hall–Kier alpha value is -2.05. The van der Waals surface area contributed by atoms with Gasteiger partial charge in [0.1, 0.15) is 11.9 Å². The molecule has 1 atom stereocenters. The Bertz CT molecular complexity index is 926. The van der Waals surface area contributed by atoms with Crippen molar-refractivity contribution in [2.45, 2.75) is 64.9 Å². The van der Waals surface area contributed by atoms with E-state index in [9.17, 15) is 14.0 Å². The lowest BCUT2D eigenvalue weighted by atomic mass is 10.0. The molecule has 0 fully saturated rings. The van der Waals surface area contributed by atoms with Crippen LogP contribution in [0.4, 0.5) is 4.39 Å². The average molecular weight is 479 g/mol. The molecule has 0 aromatic heterocycles. The van der Waals surface area contributed by atoms with Crippen molar-refractivity contribution >= 4 is 35.2 Å². The van der Waals surface area contributed by atoms with Gasteiger partial charge in [0.05, 0.1) is 5.75 Å². The van der Waals surface area contributed by atoms with Gasteiger partial charge < -0.3 is 10.2 Å². The molecule has 174 valence electrons. The summed E-state index contributed by atoms with van der Waals surface area (Å²) < 4.78 is 14.1. The van der Waals surface area contributed by atoms with Crippen molar-refractivity contribution in [2.75, 3.05) is 5.75 Å². The summed E-state index contributed by atoms with van der Waals surface area (Å²) in [7, 11) is 0. The topological polar surface area (TPSA) is 49.4 Å². The molecule has 2 rings (SSSR count). The van der Waals surface area contributed by atoms with Crippen molar-refractivity contribution in [1.82, 2.24) is 10.2 Å². The van der Waals surface area contributed by atoms with Crippen LogP contribution >= 0.6 is 23.4 Å². The first kappa shape index (κ1) is 26.2. The highest BCUT2D eigenvalue weighted by molar-refractivity contribution is 7.99. The van der Waals surface area contributed by atoms with E-state index in [0.29, 0.717) is 23.6 Å². The summed E-state index contributed by atoms with van der Waals surface area (Å²) in [6.45, 7) is 9.97. The smallest absolute Gasteiger partial charge is 0.243 e. The van der Waals surface area contributed by atoms with Crippen molar-refractivity contribution in [2.24, 2.45) is 0 Å². The number of carbonyl (C=O) groups excluding carboxylic acids is 2. The number of rotatable bonds is 9. The van der Waals surface area contributed by atoms with E-state index in [1.807, 2.05) is 58.9 Å². The third-order valence-corrected chi connectivity index (χ3v) is 6.32. The maximum absolute atomic E-state index is 14.1. The molecule has 0 aliphatic heterocycles. The number of carbonyl (C=O) groups is 2. The Morgan fingerprint density at radius 2 is 1.84 bits per heavy atom. The second-order valence-corrected chi connectivity index (χ2v) is 10.2. The minimum absolute atomic E-state index is 0.121. The van der Waals surface area contributed by atoms with Gasteiger partial charge in [-0.3, -0.25) is 9.59 Å². The van der Waals surface area contributed by atoms with Gasteiger partial charge in [-0.25, -0.2) is 4.39 Å². The number of benzene rings is 2. The third-order valence-electron chi connectivity index (χ3n) is 5.02. The van der Waals surface area contributed by atoms with E-state index in [0.717, 1.165) is 11.1 Å². The first-order chi connectivity index (χ1) is 15.0. The van der Waals surface area contributed by atoms with Gasteiger partial charge in [-0.05, 0) is 57.4 Å². The number of thioether (sulfide) groups is 1. The molecule has 0 aliphatic carbocycles. The van der Waals surface area contributed by atoms with Gasteiger partial charge >= 0.3 is 0 Å². The summed E-state index contributed by atoms with van der Waals surface area (Å²) in [5, 5.41) is 3.34. The maximum atomic E-state index is 14.1. The number of amides is 2. The number of hydrogen-bond donors (Lipinski definition) is 1. The highest BCUT2D eigenvalue weighted by Gasteiger charge is 2.30. The molecule has 0 unspecified atom stereocenters. The molecule has 0 spiro atoms. The zero-order valence-electron chi connectivity index (χ0n) is 19.4. The number of nitrogens with zero attached hydrogens (tertiary/aromatic N) is 1. The highest BCUT2D eigenvalue weighted by atomic mass is 35.5. The molecule has 0 radical (unpaired) electrons. The van der Waals surface area contributed by atoms with Crippen LogP contribution in [-0.4, -0.2) is 34.0 Å². The fourth-order valence-corrected chi connectivity index (χ4v) is 4.59. The summed E-state index contributed by atoms with van der Waals surface area (Å²) >= 11 is 7.40. The second-order valence-electron chi connectivity index (χ2n) is 8.80. The fourth-order valence-electron chi connectivity index (χ4n) is 3.34. The van der Waals surface area contributed by atoms with Gasteiger partial charge in [-0.15, -0.1) is 11.8 Å². The standard InChI is InChI=1S/C25H32ClFN2O2S/c1-6-22(24(31)28-25(3,4)5)29(14-18-11-8-7-10-17(18)2)23(30)16-32-15-19-20(26)12-9-13-21(19)27/h7-13,22H,6,14-16H2,1-5H3,(H,28,31)/t22-/m0/s1. The normalized spacial score (nSPS) is 12.3. The predicted octanol–water partition coefficient (Wildman–Crippen LogP) is 5.74. The van der Waals surface area contributed by atoms with Gasteiger partial charge in [-0.2, -0.15) is 0 Å². The Labute approximate surface area is 199 Å². The molecule has 0 saturated carbocycles. The summed E-state index contributed by atoms with van der Waals surface area (Å²) in [5.74, 6) is -0.327. The number of hydrogen-bond acceptors (Lipinski definition) is 3. The minimum atomic E-state index is -0.598. The van der Waals surface area contributed by atoms with Crippen LogP contribution in [0.3, 0.4) is 0 Å². The molecule has 2 aromatic rings. The van der Waals surface area contributed by atoms with E-state index in [-0.39, 0.29) is 29.1 Å². The maximum Gasteiger partial charge on any atom is 0.243 e.